The number of aliphatic hydroxyl groups is 1. The molecule has 0 saturated heterocycles. The van der Waals surface area contributed by atoms with Gasteiger partial charge in [0.2, 0.25) is 0 Å². The molecule has 1 amide bonds. The van der Waals surface area contributed by atoms with Gasteiger partial charge in [-0.05, 0) is 19.1 Å². The van der Waals surface area contributed by atoms with E-state index < -0.39 is 0 Å². The molecule has 118 valence electrons. The van der Waals surface area contributed by atoms with Crippen molar-refractivity contribution in [2.45, 2.75) is 26.6 Å². The van der Waals surface area contributed by atoms with Gasteiger partial charge in [-0.25, -0.2) is 4.98 Å². The van der Waals surface area contributed by atoms with Gasteiger partial charge in [-0.1, -0.05) is 6.07 Å². The predicted octanol–water partition coefficient (Wildman–Crippen LogP) is 0.988. The number of carbonyl (C=O) groups is 1. The molecule has 0 saturated carbocycles. The topological polar surface area (TPSA) is 75.7 Å². The lowest BCUT2D eigenvalue weighted by atomic mass is 10.3. The van der Waals surface area contributed by atoms with Crippen LogP contribution in [0.1, 0.15) is 27.4 Å². The molecule has 0 bridgehead atoms. The van der Waals surface area contributed by atoms with E-state index >= 15 is 0 Å². The van der Waals surface area contributed by atoms with Crippen molar-refractivity contribution in [1.29, 1.82) is 0 Å². The molecule has 1 aliphatic heterocycles. The number of aryl methyl sites for hydroxylation is 1. The van der Waals surface area contributed by atoms with Crippen molar-refractivity contribution in [2.24, 2.45) is 0 Å². The molecule has 0 fully saturated rings. The van der Waals surface area contributed by atoms with Gasteiger partial charge in [0.05, 0.1) is 31.6 Å². The fraction of sp³-hybridized carbons (Fsp3) is 0.312. The van der Waals surface area contributed by atoms with Crippen LogP contribution in [0.2, 0.25) is 0 Å². The second-order valence-corrected chi connectivity index (χ2v) is 5.75. The Kier molecular flexibility index (Phi) is 3.16. The smallest absolute Gasteiger partial charge is 0.274 e. The quantitative estimate of drug-likeness (QED) is 0.782. The van der Waals surface area contributed by atoms with E-state index in [4.69, 9.17) is 5.11 Å². The van der Waals surface area contributed by atoms with Gasteiger partial charge in [-0.2, -0.15) is 5.10 Å². The molecule has 0 atom stereocenters. The van der Waals surface area contributed by atoms with Gasteiger partial charge in [0.15, 0.2) is 0 Å². The van der Waals surface area contributed by atoms with E-state index in [1.807, 2.05) is 29.5 Å². The Labute approximate surface area is 132 Å². The number of hydrogen-bond acceptors (Lipinski definition) is 4. The van der Waals surface area contributed by atoms with Crippen LogP contribution in [0.4, 0.5) is 0 Å². The number of rotatable bonds is 3. The van der Waals surface area contributed by atoms with Crippen molar-refractivity contribution in [3.63, 3.8) is 0 Å². The third-order valence-electron chi connectivity index (χ3n) is 4.25. The van der Waals surface area contributed by atoms with Crippen LogP contribution in [0.5, 0.6) is 0 Å². The van der Waals surface area contributed by atoms with Crippen molar-refractivity contribution >= 4 is 11.6 Å². The van der Waals surface area contributed by atoms with Crippen LogP contribution in [0.25, 0.3) is 5.65 Å². The lowest BCUT2D eigenvalue weighted by molar-refractivity contribution is 0.0742. The van der Waals surface area contributed by atoms with Gasteiger partial charge in [-0.3, -0.25) is 9.48 Å². The lowest BCUT2D eigenvalue weighted by Gasteiger charge is -2.14. The Morgan fingerprint density at radius 1 is 1.35 bits per heavy atom. The summed E-state index contributed by atoms with van der Waals surface area (Å²) in [4.78, 5) is 18.9. The maximum atomic E-state index is 12.7. The van der Waals surface area contributed by atoms with Crippen LogP contribution >= 0.6 is 0 Å². The number of aliphatic hydroxyl groups excluding tert-OH is 1. The molecule has 0 radical (unpaired) electrons. The number of fused-ring (bicyclic) bond motifs is 2. The fourth-order valence-electron chi connectivity index (χ4n) is 3.05. The summed E-state index contributed by atoms with van der Waals surface area (Å²) in [5.41, 5.74) is 4.29. The summed E-state index contributed by atoms with van der Waals surface area (Å²) in [7, 11) is 0. The Morgan fingerprint density at radius 3 is 3.00 bits per heavy atom. The van der Waals surface area contributed by atoms with Crippen LogP contribution in [0.3, 0.4) is 0 Å². The van der Waals surface area contributed by atoms with E-state index in [0.717, 1.165) is 22.6 Å². The van der Waals surface area contributed by atoms with E-state index in [2.05, 4.69) is 10.1 Å². The molecule has 3 aromatic rings. The lowest BCUT2D eigenvalue weighted by Crippen LogP contribution is -2.26. The normalized spacial score (nSPS) is 13.7. The van der Waals surface area contributed by atoms with Crippen molar-refractivity contribution in [1.82, 2.24) is 24.1 Å². The summed E-state index contributed by atoms with van der Waals surface area (Å²) in [5, 5.41) is 13.3. The number of hydrogen-bond donors (Lipinski definition) is 1. The van der Waals surface area contributed by atoms with E-state index in [1.54, 1.807) is 22.0 Å². The second-order valence-electron chi connectivity index (χ2n) is 5.75. The zero-order chi connectivity index (χ0) is 16.0. The van der Waals surface area contributed by atoms with Crippen LogP contribution in [0, 0.1) is 6.92 Å². The number of amides is 1. The fourth-order valence-corrected chi connectivity index (χ4v) is 3.05. The van der Waals surface area contributed by atoms with Gasteiger partial charge in [0.1, 0.15) is 11.3 Å². The summed E-state index contributed by atoms with van der Waals surface area (Å²) in [6.07, 6.45) is 3.56. The highest BCUT2D eigenvalue weighted by Crippen LogP contribution is 2.24. The Hall–Kier alpha value is -2.67. The second kappa shape index (κ2) is 5.20. The molecule has 0 unspecified atom stereocenters. The van der Waals surface area contributed by atoms with Crippen LogP contribution in [-0.4, -0.2) is 41.7 Å². The Balaban J connectivity index is 1.61. The first-order valence-corrected chi connectivity index (χ1v) is 7.56. The molecule has 0 aromatic carbocycles. The van der Waals surface area contributed by atoms with E-state index in [9.17, 15) is 4.79 Å². The van der Waals surface area contributed by atoms with Gasteiger partial charge in [0, 0.05) is 24.0 Å². The standard InChI is InChI=1S/C16H17N5O2/c1-11-3-2-4-15-18-13(9-20(11)15)16(23)19-8-12-7-17-21(5-6-22)14(12)10-19/h2-4,7,9,22H,5-6,8,10H2,1H3. The molecule has 1 N–H and O–H groups in total. The minimum Gasteiger partial charge on any atom is -0.394 e. The summed E-state index contributed by atoms with van der Waals surface area (Å²) in [5.74, 6) is -0.0835. The molecule has 4 rings (SSSR count). The maximum Gasteiger partial charge on any atom is 0.274 e. The third kappa shape index (κ3) is 2.20. The molecule has 3 aromatic heterocycles. The molecule has 7 nitrogen and oxygen atoms in total. The van der Waals surface area contributed by atoms with Crippen molar-refractivity contribution < 1.29 is 9.90 Å². The largest absolute Gasteiger partial charge is 0.394 e. The third-order valence-corrected chi connectivity index (χ3v) is 4.25. The zero-order valence-electron chi connectivity index (χ0n) is 12.8. The summed E-state index contributed by atoms with van der Waals surface area (Å²) in [6.45, 7) is 3.50. The summed E-state index contributed by atoms with van der Waals surface area (Å²) < 4.78 is 3.68. The van der Waals surface area contributed by atoms with Gasteiger partial charge >= 0.3 is 0 Å². The number of pyridine rings is 1. The van der Waals surface area contributed by atoms with Gasteiger partial charge < -0.3 is 14.4 Å². The maximum absolute atomic E-state index is 12.7. The zero-order valence-corrected chi connectivity index (χ0v) is 12.8. The highest BCUT2D eigenvalue weighted by atomic mass is 16.3. The SMILES string of the molecule is Cc1cccc2nc(C(=O)N3Cc4cnn(CCO)c4C3)cn12. The molecule has 0 spiro atoms. The van der Waals surface area contributed by atoms with Crippen molar-refractivity contribution in [3.05, 3.63) is 53.2 Å². The monoisotopic (exact) mass is 311 g/mol. The molecule has 1 aliphatic rings. The van der Waals surface area contributed by atoms with Crippen LogP contribution in [0.15, 0.2) is 30.6 Å². The Morgan fingerprint density at radius 2 is 2.22 bits per heavy atom. The summed E-state index contributed by atoms with van der Waals surface area (Å²) >= 11 is 0. The average Bonchev–Trinajstić information content (AvgIpc) is 3.22. The molecular formula is C16H17N5O2. The van der Waals surface area contributed by atoms with E-state index in [1.165, 1.54) is 0 Å². The molecule has 4 heterocycles. The number of carbonyl (C=O) groups excluding carboxylic acids is 1. The summed E-state index contributed by atoms with van der Waals surface area (Å²) in [6, 6.07) is 5.81. The number of aromatic nitrogens is 4. The Bertz CT molecular complexity index is 895. The molecule has 23 heavy (non-hydrogen) atoms. The van der Waals surface area contributed by atoms with Crippen LogP contribution in [-0.2, 0) is 19.6 Å². The first kappa shape index (κ1) is 14.0. The highest BCUT2D eigenvalue weighted by molar-refractivity contribution is 5.93. The highest BCUT2D eigenvalue weighted by Gasteiger charge is 2.29. The number of imidazole rings is 1. The number of nitrogens with zero attached hydrogens (tertiary/aromatic N) is 5. The van der Waals surface area contributed by atoms with Crippen molar-refractivity contribution in [2.75, 3.05) is 6.61 Å². The minimum atomic E-state index is -0.0835. The molecule has 7 heteroatoms. The van der Waals surface area contributed by atoms with Crippen LogP contribution < -0.4 is 0 Å². The van der Waals surface area contributed by atoms with Gasteiger partial charge in [-0.15, -0.1) is 0 Å². The van der Waals surface area contributed by atoms with Crippen molar-refractivity contribution in [3.8, 4) is 0 Å². The molecular weight excluding hydrogens is 294 g/mol. The van der Waals surface area contributed by atoms with E-state index in [0.29, 0.717) is 25.3 Å². The molecule has 0 aliphatic carbocycles. The predicted molar refractivity (Wildman–Crippen MR) is 82.8 cm³/mol. The first-order valence-electron chi connectivity index (χ1n) is 7.56. The van der Waals surface area contributed by atoms with E-state index in [-0.39, 0.29) is 12.5 Å². The first-order chi connectivity index (χ1) is 11.2. The van der Waals surface area contributed by atoms with Gasteiger partial charge in [0.25, 0.3) is 5.91 Å². The average molecular weight is 311 g/mol. The minimum absolute atomic E-state index is 0.0355.